The lowest BCUT2D eigenvalue weighted by molar-refractivity contribution is 0.0697. The van der Waals surface area contributed by atoms with Crippen LogP contribution in [0.25, 0.3) is 22.0 Å². The number of aromatic carboxylic acids is 1. The van der Waals surface area contributed by atoms with Crippen LogP contribution >= 0.6 is 0 Å². The average molecular weight is 294 g/mol. The van der Waals surface area contributed by atoms with Crippen LogP contribution in [0.2, 0.25) is 0 Å². The summed E-state index contributed by atoms with van der Waals surface area (Å²) in [6.07, 6.45) is 1.61. The van der Waals surface area contributed by atoms with Gasteiger partial charge in [-0.05, 0) is 31.5 Å². The van der Waals surface area contributed by atoms with Gasteiger partial charge in [0, 0.05) is 11.8 Å². The van der Waals surface area contributed by atoms with E-state index in [4.69, 9.17) is 0 Å². The van der Waals surface area contributed by atoms with E-state index in [9.17, 15) is 9.90 Å². The third-order valence-corrected chi connectivity index (χ3v) is 3.68. The summed E-state index contributed by atoms with van der Waals surface area (Å²) in [5, 5.41) is 16.2. The average Bonchev–Trinajstić information content (AvgIpc) is 2.92. The van der Waals surface area contributed by atoms with Crippen LogP contribution in [0.5, 0.6) is 0 Å². The maximum Gasteiger partial charge on any atom is 0.339 e. The van der Waals surface area contributed by atoms with E-state index in [0.717, 1.165) is 16.3 Å². The second-order valence-corrected chi connectivity index (χ2v) is 6.34. The molecular weight excluding hydrogens is 276 g/mol. The Hall–Kier alpha value is -2.62. The predicted molar refractivity (Wildman–Crippen MR) is 87.1 cm³/mol. The Morgan fingerprint density at radius 2 is 1.77 bits per heavy atom. The second kappa shape index (κ2) is 4.98. The summed E-state index contributed by atoms with van der Waals surface area (Å²) in [5.74, 6) is -0.960. The number of aromatic nitrogens is 2. The highest BCUT2D eigenvalue weighted by Gasteiger charge is 2.23. The van der Waals surface area contributed by atoms with Crippen molar-refractivity contribution in [2.75, 3.05) is 0 Å². The minimum absolute atomic E-state index is 0.228. The molecule has 112 valence electrons. The summed E-state index contributed by atoms with van der Waals surface area (Å²) in [6.45, 7) is 6.00. The number of benzene rings is 2. The Morgan fingerprint density at radius 3 is 2.45 bits per heavy atom. The van der Waals surface area contributed by atoms with Gasteiger partial charge in [0.2, 0.25) is 0 Å². The van der Waals surface area contributed by atoms with Crippen LogP contribution in [-0.2, 0) is 5.54 Å². The fourth-order valence-corrected chi connectivity index (χ4v) is 2.50. The van der Waals surface area contributed by atoms with Gasteiger partial charge in [-0.2, -0.15) is 5.10 Å². The molecule has 4 nitrogen and oxygen atoms in total. The molecule has 2 aromatic carbocycles. The molecule has 0 aliphatic heterocycles. The molecule has 0 fully saturated rings. The molecule has 1 aromatic heterocycles. The van der Waals surface area contributed by atoms with Gasteiger partial charge in [-0.1, -0.05) is 42.5 Å². The monoisotopic (exact) mass is 294 g/mol. The van der Waals surface area contributed by atoms with Crippen molar-refractivity contribution in [1.29, 1.82) is 0 Å². The number of carboxylic acids is 1. The van der Waals surface area contributed by atoms with Crippen molar-refractivity contribution in [3.8, 4) is 11.3 Å². The standard InChI is InChI=1S/C18H18N2O2/c1-18(2,3)20-11-15(17(21)22)16(19-20)14-10-6-8-12-7-4-5-9-13(12)14/h4-11H,1-3H3,(H,21,22). The molecule has 0 aliphatic rings. The van der Waals surface area contributed by atoms with E-state index in [2.05, 4.69) is 5.10 Å². The molecule has 4 heteroatoms. The number of hydrogen-bond donors (Lipinski definition) is 1. The first-order valence-electron chi connectivity index (χ1n) is 7.19. The lowest BCUT2D eigenvalue weighted by Crippen LogP contribution is -2.22. The molecule has 0 unspecified atom stereocenters. The number of nitrogens with zero attached hydrogens (tertiary/aromatic N) is 2. The van der Waals surface area contributed by atoms with Gasteiger partial charge in [0.25, 0.3) is 0 Å². The zero-order chi connectivity index (χ0) is 15.9. The highest BCUT2D eigenvalue weighted by atomic mass is 16.4. The fraction of sp³-hybridized carbons (Fsp3) is 0.222. The molecule has 1 heterocycles. The van der Waals surface area contributed by atoms with Gasteiger partial charge in [0.15, 0.2) is 0 Å². The third kappa shape index (κ3) is 2.37. The van der Waals surface area contributed by atoms with E-state index < -0.39 is 5.97 Å². The molecule has 0 saturated heterocycles. The van der Waals surface area contributed by atoms with Gasteiger partial charge < -0.3 is 5.11 Å². The van der Waals surface area contributed by atoms with Gasteiger partial charge in [0.05, 0.1) is 5.54 Å². The normalized spacial score (nSPS) is 11.8. The zero-order valence-corrected chi connectivity index (χ0v) is 12.9. The van der Waals surface area contributed by atoms with Crippen molar-refractivity contribution in [2.24, 2.45) is 0 Å². The van der Waals surface area contributed by atoms with Gasteiger partial charge in [-0.25, -0.2) is 4.79 Å². The summed E-state index contributed by atoms with van der Waals surface area (Å²) in [7, 11) is 0. The Morgan fingerprint density at radius 1 is 1.09 bits per heavy atom. The van der Waals surface area contributed by atoms with Gasteiger partial charge in [0.1, 0.15) is 11.3 Å². The molecule has 22 heavy (non-hydrogen) atoms. The van der Waals surface area contributed by atoms with Crippen LogP contribution in [0.15, 0.2) is 48.7 Å². The van der Waals surface area contributed by atoms with E-state index in [0.29, 0.717) is 5.69 Å². The molecule has 1 N–H and O–H groups in total. The SMILES string of the molecule is CC(C)(C)n1cc(C(=O)O)c(-c2cccc3ccccc23)n1. The summed E-state index contributed by atoms with van der Waals surface area (Å²) in [5.41, 5.74) is 1.32. The van der Waals surface area contributed by atoms with Gasteiger partial charge in [-0.3, -0.25) is 4.68 Å². The first-order valence-corrected chi connectivity index (χ1v) is 7.19. The maximum atomic E-state index is 11.6. The van der Waals surface area contributed by atoms with Crippen molar-refractivity contribution in [2.45, 2.75) is 26.3 Å². The van der Waals surface area contributed by atoms with Crippen molar-refractivity contribution in [1.82, 2.24) is 9.78 Å². The van der Waals surface area contributed by atoms with Crippen molar-refractivity contribution < 1.29 is 9.90 Å². The number of carboxylic acid groups (broad SMARTS) is 1. The van der Waals surface area contributed by atoms with Gasteiger partial charge >= 0.3 is 5.97 Å². The molecule has 0 atom stereocenters. The maximum absolute atomic E-state index is 11.6. The lowest BCUT2D eigenvalue weighted by atomic mass is 10.0. The quantitative estimate of drug-likeness (QED) is 0.772. The third-order valence-electron chi connectivity index (χ3n) is 3.68. The fourth-order valence-electron chi connectivity index (χ4n) is 2.50. The Balaban J connectivity index is 2.30. The Labute approximate surface area is 129 Å². The number of fused-ring (bicyclic) bond motifs is 1. The van der Waals surface area contributed by atoms with E-state index in [1.807, 2.05) is 63.2 Å². The van der Waals surface area contributed by atoms with Crippen LogP contribution in [-0.4, -0.2) is 20.9 Å². The van der Waals surface area contributed by atoms with Crippen LogP contribution in [0.1, 0.15) is 31.1 Å². The molecule has 3 rings (SSSR count). The zero-order valence-electron chi connectivity index (χ0n) is 12.9. The van der Waals surface area contributed by atoms with Gasteiger partial charge in [-0.15, -0.1) is 0 Å². The minimum Gasteiger partial charge on any atom is -0.478 e. The van der Waals surface area contributed by atoms with Crippen molar-refractivity contribution in [3.05, 3.63) is 54.2 Å². The number of rotatable bonds is 2. The van der Waals surface area contributed by atoms with Crippen LogP contribution in [0.3, 0.4) is 0 Å². The summed E-state index contributed by atoms with van der Waals surface area (Å²) in [6, 6.07) is 13.8. The predicted octanol–water partition coefficient (Wildman–Crippen LogP) is 4.16. The van der Waals surface area contributed by atoms with E-state index >= 15 is 0 Å². The summed E-state index contributed by atoms with van der Waals surface area (Å²) in [4.78, 5) is 11.6. The molecule has 0 amide bonds. The molecule has 0 bridgehead atoms. The highest BCUT2D eigenvalue weighted by Crippen LogP contribution is 2.31. The van der Waals surface area contributed by atoms with Crippen molar-refractivity contribution in [3.63, 3.8) is 0 Å². The van der Waals surface area contributed by atoms with Crippen molar-refractivity contribution >= 4 is 16.7 Å². The Bertz CT molecular complexity index is 852. The Kier molecular flexibility index (Phi) is 3.24. The smallest absolute Gasteiger partial charge is 0.339 e. The summed E-state index contributed by atoms with van der Waals surface area (Å²) < 4.78 is 1.72. The van der Waals surface area contributed by atoms with E-state index in [1.54, 1.807) is 10.9 Å². The molecule has 3 aromatic rings. The largest absolute Gasteiger partial charge is 0.478 e. The van der Waals surface area contributed by atoms with Crippen LogP contribution < -0.4 is 0 Å². The van der Waals surface area contributed by atoms with E-state index in [1.165, 1.54) is 0 Å². The van der Waals surface area contributed by atoms with Crippen LogP contribution in [0.4, 0.5) is 0 Å². The van der Waals surface area contributed by atoms with E-state index in [-0.39, 0.29) is 11.1 Å². The highest BCUT2D eigenvalue weighted by molar-refractivity contribution is 6.02. The molecule has 0 radical (unpaired) electrons. The first-order chi connectivity index (χ1) is 10.4. The molecule has 0 saturated carbocycles. The molecule has 0 spiro atoms. The number of carbonyl (C=O) groups is 1. The lowest BCUT2D eigenvalue weighted by Gasteiger charge is -2.18. The first kappa shape index (κ1) is 14.3. The number of hydrogen-bond acceptors (Lipinski definition) is 2. The molecular formula is C18H18N2O2. The summed E-state index contributed by atoms with van der Waals surface area (Å²) >= 11 is 0. The topological polar surface area (TPSA) is 55.1 Å². The second-order valence-electron chi connectivity index (χ2n) is 6.34. The minimum atomic E-state index is -0.960. The molecule has 0 aliphatic carbocycles. The van der Waals surface area contributed by atoms with Crippen LogP contribution in [0, 0.1) is 0 Å².